The number of hydrogen-bond acceptors (Lipinski definition) is 8. The van der Waals surface area contributed by atoms with Crippen molar-refractivity contribution in [3.8, 4) is 11.5 Å². The number of ether oxygens (including phenoxy) is 2. The largest absolute Gasteiger partial charge is 0.493 e. The van der Waals surface area contributed by atoms with E-state index in [0.717, 1.165) is 34.7 Å². The molecule has 10 nitrogen and oxygen atoms in total. The quantitative estimate of drug-likeness (QED) is 0.132. The van der Waals surface area contributed by atoms with Crippen LogP contribution >= 0.6 is 11.3 Å². The van der Waals surface area contributed by atoms with Crippen molar-refractivity contribution >= 4 is 29.1 Å². The summed E-state index contributed by atoms with van der Waals surface area (Å²) in [6.45, 7) is 2.20. The molecule has 2 atom stereocenters. The number of alkyl halides is 6. The van der Waals surface area contributed by atoms with Gasteiger partial charge >= 0.3 is 18.3 Å². The van der Waals surface area contributed by atoms with E-state index < -0.39 is 68.9 Å². The molecule has 3 aliphatic rings. The van der Waals surface area contributed by atoms with Crippen molar-refractivity contribution < 1.29 is 55.3 Å². The predicted octanol–water partition coefficient (Wildman–Crippen LogP) is 7.90. The van der Waals surface area contributed by atoms with Crippen LogP contribution in [0.2, 0.25) is 0 Å². The van der Waals surface area contributed by atoms with Crippen LogP contribution in [-0.4, -0.2) is 75.6 Å². The Bertz CT molecular complexity index is 1910. The van der Waals surface area contributed by atoms with Crippen molar-refractivity contribution in [1.82, 2.24) is 14.8 Å². The molecule has 2 aliphatic heterocycles. The van der Waals surface area contributed by atoms with Gasteiger partial charge in [0.25, 0.3) is 11.8 Å². The molecular formula is C39H44F6N4O6S. The fraction of sp³-hybridized carbons (Fsp3) is 0.538. The molecule has 0 radical (unpaired) electrons. The number of carbonyl (C=O) groups is 3. The van der Waals surface area contributed by atoms with E-state index in [1.165, 1.54) is 4.90 Å². The highest BCUT2D eigenvalue weighted by molar-refractivity contribution is 7.10. The maximum Gasteiger partial charge on any atom is 0.425 e. The summed E-state index contributed by atoms with van der Waals surface area (Å²) < 4.78 is 95.8. The normalized spacial score (nSPS) is 22.0. The van der Waals surface area contributed by atoms with Gasteiger partial charge in [0.05, 0.1) is 23.6 Å². The molecule has 1 saturated carbocycles. The van der Waals surface area contributed by atoms with Gasteiger partial charge < -0.3 is 30.1 Å². The number of nitrogens with zero attached hydrogens (tertiary/aromatic N) is 3. The number of rotatable bonds is 13. The van der Waals surface area contributed by atoms with E-state index in [2.05, 4.69) is 4.98 Å². The average molecular weight is 811 g/mol. The van der Waals surface area contributed by atoms with Gasteiger partial charge in [-0.2, -0.15) is 26.3 Å². The number of aliphatic carboxylic acids is 1. The molecule has 4 heterocycles. The molecule has 2 amide bonds. The Balaban J connectivity index is 1.27. The average Bonchev–Trinajstić information content (AvgIpc) is 3.81. The summed E-state index contributed by atoms with van der Waals surface area (Å²) >= 11 is 0.380. The number of carboxylic acid groups (broad SMARTS) is 1. The smallest absolute Gasteiger partial charge is 0.425 e. The Kier molecular flexibility index (Phi) is 11.7. The Morgan fingerprint density at radius 3 is 2.32 bits per heavy atom. The van der Waals surface area contributed by atoms with Gasteiger partial charge in [-0.15, -0.1) is 11.3 Å². The lowest BCUT2D eigenvalue weighted by molar-refractivity contribution is -0.161. The summed E-state index contributed by atoms with van der Waals surface area (Å²) in [5, 5.41) is 10.6. The highest BCUT2D eigenvalue weighted by Gasteiger charge is 2.57. The number of nitrogens with two attached hydrogens (primary N) is 1. The second kappa shape index (κ2) is 15.9. The second-order valence-corrected chi connectivity index (χ2v) is 15.8. The molecule has 0 bridgehead atoms. The SMILES string of the molecule is CCC[C@H]1N(C(=O)c2ncccc2C(F)(F)F)CCC[C@@]1(Oc1csc(C(F)(F)F)c1)C(=O)N1CCC(N)(c2ccccc2OCCCC2(C(=O)O)CC2)CC1. The molecule has 3 N–H and O–H groups in total. The van der Waals surface area contributed by atoms with E-state index in [-0.39, 0.29) is 64.1 Å². The maximum absolute atomic E-state index is 15.0. The third-order valence-electron chi connectivity index (χ3n) is 11.2. The van der Waals surface area contributed by atoms with Gasteiger partial charge in [0.15, 0.2) is 0 Å². The number of para-hydroxylation sites is 1. The Hall–Kier alpha value is -4.38. The third kappa shape index (κ3) is 8.34. The number of aromatic nitrogens is 1. The fourth-order valence-electron chi connectivity index (χ4n) is 8.04. The summed E-state index contributed by atoms with van der Waals surface area (Å²) in [6.07, 6.45) is -5.18. The van der Waals surface area contributed by atoms with Crippen molar-refractivity contribution in [2.45, 2.75) is 101 Å². The first-order valence-corrected chi connectivity index (χ1v) is 19.5. The van der Waals surface area contributed by atoms with Gasteiger partial charge in [-0.25, -0.2) is 0 Å². The first-order chi connectivity index (χ1) is 26.4. The number of piperidine rings is 2. The second-order valence-electron chi connectivity index (χ2n) is 14.9. The first-order valence-electron chi connectivity index (χ1n) is 18.7. The van der Waals surface area contributed by atoms with Gasteiger partial charge in [0, 0.05) is 54.8 Å². The fourth-order valence-corrected chi connectivity index (χ4v) is 8.72. The van der Waals surface area contributed by atoms with E-state index >= 15 is 0 Å². The number of benzene rings is 1. The van der Waals surface area contributed by atoms with Crippen LogP contribution in [0, 0.1) is 5.41 Å². The van der Waals surface area contributed by atoms with Crippen molar-refractivity contribution in [3.05, 3.63) is 75.7 Å². The lowest BCUT2D eigenvalue weighted by Gasteiger charge is -2.51. The van der Waals surface area contributed by atoms with Crippen LogP contribution in [0.4, 0.5) is 26.3 Å². The molecule has 1 aliphatic carbocycles. The number of pyridine rings is 1. The summed E-state index contributed by atoms with van der Waals surface area (Å²) in [5.41, 5.74) is 2.03. The monoisotopic (exact) mass is 810 g/mol. The number of carbonyl (C=O) groups excluding carboxylic acids is 2. The van der Waals surface area contributed by atoms with Crippen molar-refractivity contribution in [2.24, 2.45) is 11.1 Å². The van der Waals surface area contributed by atoms with Gasteiger partial charge in [-0.1, -0.05) is 31.5 Å². The Morgan fingerprint density at radius 2 is 1.70 bits per heavy atom. The highest BCUT2D eigenvalue weighted by Crippen LogP contribution is 2.50. The van der Waals surface area contributed by atoms with Crippen LogP contribution in [0.1, 0.15) is 97.6 Å². The molecule has 2 saturated heterocycles. The standard InChI is InChI=1S/C39H44F6N4O6S/c1-2-8-29-37(55-25-23-30(56-24-25)39(43,44)45,13-6-19-49(29)32(50)31-27(38(40,41)42)10-5-18-47-31)33(51)48-20-16-36(46,17-21-48)26-9-3-4-11-28(26)54-22-7-12-35(14-15-35)34(52)53/h3-5,9-11,18,23-24,29H,2,6-8,12-17,19-22,46H2,1H3,(H,52,53)/t29-,37+/m1/s1. The molecule has 6 rings (SSSR count). The van der Waals surface area contributed by atoms with Gasteiger partial charge in [-0.3, -0.25) is 19.4 Å². The minimum Gasteiger partial charge on any atom is -0.493 e. The van der Waals surface area contributed by atoms with E-state index in [0.29, 0.717) is 54.8 Å². The molecule has 0 spiro atoms. The Morgan fingerprint density at radius 1 is 0.982 bits per heavy atom. The van der Waals surface area contributed by atoms with Gasteiger partial charge in [0.1, 0.15) is 22.1 Å². The summed E-state index contributed by atoms with van der Waals surface area (Å²) in [6, 6.07) is 8.65. The summed E-state index contributed by atoms with van der Waals surface area (Å²) in [5.74, 6) is -2.18. The number of hydrogen-bond donors (Lipinski definition) is 2. The van der Waals surface area contributed by atoms with Crippen molar-refractivity contribution in [2.75, 3.05) is 26.2 Å². The van der Waals surface area contributed by atoms with E-state index in [1.807, 2.05) is 12.1 Å². The molecule has 1 aromatic carbocycles. The van der Waals surface area contributed by atoms with Crippen molar-refractivity contribution in [3.63, 3.8) is 0 Å². The molecule has 0 unspecified atom stereocenters. The minimum absolute atomic E-state index is 0.0179. The third-order valence-corrected chi connectivity index (χ3v) is 12.2. The number of amides is 2. The number of halogens is 6. The van der Waals surface area contributed by atoms with Gasteiger partial charge in [-0.05, 0) is 69.6 Å². The topological polar surface area (TPSA) is 135 Å². The number of likely N-dealkylation sites (tertiary alicyclic amines) is 2. The maximum atomic E-state index is 15.0. The lowest BCUT2D eigenvalue weighted by Crippen LogP contribution is -2.69. The van der Waals surface area contributed by atoms with E-state index in [1.54, 1.807) is 19.1 Å². The Labute approximate surface area is 324 Å². The van der Waals surface area contributed by atoms with Crippen LogP contribution in [0.3, 0.4) is 0 Å². The molecule has 17 heteroatoms. The van der Waals surface area contributed by atoms with E-state index in [9.17, 15) is 45.8 Å². The zero-order valence-electron chi connectivity index (χ0n) is 30.8. The lowest BCUT2D eigenvalue weighted by atomic mass is 9.77. The molecular weight excluding hydrogens is 767 g/mol. The van der Waals surface area contributed by atoms with Crippen LogP contribution in [-0.2, 0) is 27.5 Å². The van der Waals surface area contributed by atoms with Gasteiger partial charge in [0.2, 0.25) is 5.60 Å². The zero-order chi connectivity index (χ0) is 40.5. The molecule has 3 aromatic rings. The predicted molar refractivity (Wildman–Crippen MR) is 193 cm³/mol. The zero-order valence-corrected chi connectivity index (χ0v) is 31.6. The highest BCUT2D eigenvalue weighted by atomic mass is 32.1. The van der Waals surface area contributed by atoms with Crippen LogP contribution < -0.4 is 15.2 Å². The summed E-state index contributed by atoms with van der Waals surface area (Å²) in [4.78, 5) is 46.1. The van der Waals surface area contributed by atoms with E-state index in [4.69, 9.17) is 15.2 Å². The van der Waals surface area contributed by atoms with Crippen LogP contribution in [0.25, 0.3) is 0 Å². The first kappa shape index (κ1) is 41.3. The minimum atomic E-state index is -4.91. The molecule has 304 valence electrons. The number of thiophene rings is 1. The number of carboxylic acids is 1. The molecule has 56 heavy (non-hydrogen) atoms. The molecule has 2 aromatic heterocycles. The van der Waals surface area contributed by atoms with Crippen molar-refractivity contribution in [1.29, 1.82) is 0 Å². The van der Waals surface area contributed by atoms with Crippen LogP contribution in [0.5, 0.6) is 11.5 Å². The summed E-state index contributed by atoms with van der Waals surface area (Å²) in [7, 11) is 0. The van der Waals surface area contributed by atoms with Crippen LogP contribution in [0.15, 0.2) is 54.0 Å². The molecule has 3 fully saturated rings.